The maximum atomic E-state index is 12.1. The van der Waals surface area contributed by atoms with Crippen LogP contribution in [0.3, 0.4) is 0 Å². The van der Waals surface area contributed by atoms with Crippen LogP contribution in [0, 0.1) is 13.8 Å². The Hall–Kier alpha value is -1.83. The molecule has 0 spiro atoms. The van der Waals surface area contributed by atoms with Crippen LogP contribution in [-0.4, -0.2) is 47.2 Å². The van der Waals surface area contributed by atoms with Gasteiger partial charge in [-0.1, -0.05) is 35.1 Å². The van der Waals surface area contributed by atoms with Gasteiger partial charge in [0.2, 0.25) is 11.0 Å². The summed E-state index contributed by atoms with van der Waals surface area (Å²) in [5, 5.41) is 10.8. The fraction of sp³-hybridized carbons (Fsp3) is 0.438. The van der Waals surface area contributed by atoms with Gasteiger partial charge in [0.05, 0.1) is 19.3 Å². The second-order valence-electron chi connectivity index (χ2n) is 5.75. The van der Waals surface area contributed by atoms with Crippen LogP contribution in [0.2, 0.25) is 0 Å². The highest BCUT2D eigenvalue weighted by Gasteiger charge is 2.24. The fourth-order valence-corrected chi connectivity index (χ4v) is 3.27. The van der Waals surface area contributed by atoms with Crippen molar-refractivity contribution in [1.82, 2.24) is 15.1 Å². The molecule has 1 N–H and O–H groups in total. The SMILES string of the molecule is Cc1ccc([C@H]2CN(CC(=O)Nc3nncs3)CCO2)c(C)c1. The zero-order valence-corrected chi connectivity index (χ0v) is 14.1. The number of nitrogens with zero attached hydrogens (tertiary/aromatic N) is 3. The number of rotatable bonds is 4. The third-order valence-corrected chi connectivity index (χ3v) is 4.50. The van der Waals surface area contributed by atoms with Gasteiger partial charge < -0.3 is 4.74 Å². The van der Waals surface area contributed by atoms with E-state index in [9.17, 15) is 4.79 Å². The molecule has 1 aliphatic rings. The van der Waals surface area contributed by atoms with Crippen LogP contribution in [0.15, 0.2) is 23.7 Å². The molecule has 7 heteroatoms. The summed E-state index contributed by atoms with van der Waals surface area (Å²) in [6.07, 6.45) is 0.0127. The Morgan fingerprint density at radius 1 is 1.48 bits per heavy atom. The quantitative estimate of drug-likeness (QED) is 0.929. The highest BCUT2D eigenvalue weighted by molar-refractivity contribution is 7.13. The predicted molar refractivity (Wildman–Crippen MR) is 89.6 cm³/mol. The van der Waals surface area contributed by atoms with Crippen LogP contribution >= 0.6 is 11.3 Å². The summed E-state index contributed by atoms with van der Waals surface area (Å²) < 4.78 is 5.91. The van der Waals surface area contributed by atoms with Crippen LogP contribution in [0.25, 0.3) is 0 Å². The summed E-state index contributed by atoms with van der Waals surface area (Å²) in [4.78, 5) is 14.2. The Balaban J connectivity index is 1.60. The van der Waals surface area contributed by atoms with Crippen molar-refractivity contribution in [2.75, 3.05) is 31.6 Å². The Bertz CT molecular complexity index is 675. The molecule has 1 fully saturated rings. The maximum absolute atomic E-state index is 12.1. The van der Waals surface area contributed by atoms with Crippen molar-refractivity contribution in [2.45, 2.75) is 20.0 Å². The third kappa shape index (κ3) is 4.13. The van der Waals surface area contributed by atoms with E-state index in [4.69, 9.17) is 4.74 Å². The standard InChI is InChI=1S/C16H20N4O2S/c1-11-3-4-13(12(2)7-11)14-8-20(5-6-22-14)9-15(21)18-16-19-17-10-23-16/h3-4,7,10,14H,5-6,8-9H2,1-2H3,(H,18,19,21)/t14-/m1/s1. The smallest absolute Gasteiger partial charge is 0.240 e. The summed E-state index contributed by atoms with van der Waals surface area (Å²) in [5.74, 6) is -0.0666. The lowest BCUT2D eigenvalue weighted by Crippen LogP contribution is -2.42. The Labute approximate surface area is 139 Å². The molecule has 1 atom stereocenters. The molecule has 122 valence electrons. The van der Waals surface area contributed by atoms with Gasteiger partial charge in [0, 0.05) is 13.1 Å². The number of carbonyl (C=O) groups excluding carboxylic acids is 1. The van der Waals surface area contributed by atoms with E-state index in [-0.39, 0.29) is 12.0 Å². The molecule has 0 unspecified atom stereocenters. The number of amides is 1. The number of nitrogens with one attached hydrogen (secondary N) is 1. The average Bonchev–Trinajstić information content (AvgIpc) is 3.00. The third-order valence-electron chi connectivity index (χ3n) is 3.90. The van der Waals surface area contributed by atoms with E-state index in [2.05, 4.69) is 52.5 Å². The summed E-state index contributed by atoms with van der Waals surface area (Å²) in [7, 11) is 0. The average molecular weight is 332 g/mol. The zero-order valence-electron chi connectivity index (χ0n) is 13.3. The molecule has 0 saturated carbocycles. The first-order valence-corrected chi connectivity index (χ1v) is 8.47. The lowest BCUT2D eigenvalue weighted by atomic mass is 10.00. The minimum absolute atomic E-state index is 0.0127. The highest BCUT2D eigenvalue weighted by Crippen LogP contribution is 2.25. The van der Waals surface area contributed by atoms with E-state index in [0.717, 1.165) is 6.54 Å². The lowest BCUT2D eigenvalue weighted by Gasteiger charge is -2.33. The summed E-state index contributed by atoms with van der Waals surface area (Å²) in [6, 6.07) is 6.40. The number of morpholine rings is 1. The summed E-state index contributed by atoms with van der Waals surface area (Å²) in [6.45, 7) is 6.63. The van der Waals surface area contributed by atoms with Crippen molar-refractivity contribution < 1.29 is 9.53 Å². The Morgan fingerprint density at radius 3 is 3.09 bits per heavy atom. The van der Waals surface area contributed by atoms with E-state index in [1.165, 1.54) is 28.0 Å². The molecular formula is C16H20N4O2S. The van der Waals surface area contributed by atoms with Crippen LogP contribution < -0.4 is 5.32 Å². The predicted octanol–water partition coefficient (Wildman–Crippen LogP) is 2.17. The van der Waals surface area contributed by atoms with Crippen LogP contribution in [0.1, 0.15) is 22.8 Å². The fourth-order valence-electron chi connectivity index (χ4n) is 2.81. The minimum Gasteiger partial charge on any atom is -0.371 e. The Morgan fingerprint density at radius 2 is 2.35 bits per heavy atom. The highest BCUT2D eigenvalue weighted by atomic mass is 32.1. The summed E-state index contributed by atoms with van der Waals surface area (Å²) in [5.41, 5.74) is 5.27. The van der Waals surface area contributed by atoms with Gasteiger partial charge in [-0.15, -0.1) is 10.2 Å². The van der Waals surface area contributed by atoms with Crippen LogP contribution in [0.4, 0.5) is 5.13 Å². The van der Waals surface area contributed by atoms with Crippen molar-refractivity contribution in [3.8, 4) is 0 Å². The number of aryl methyl sites for hydroxylation is 2. The van der Waals surface area contributed by atoms with Gasteiger partial charge in [0.1, 0.15) is 5.51 Å². The van der Waals surface area contributed by atoms with Crippen LogP contribution in [-0.2, 0) is 9.53 Å². The molecule has 1 aromatic heterocycles. The first-order chi connectivity index (χ1) is 11.1. The van der Waals surface area contributed by atoms with Gasteiger partial charge in [0.25, 0.3) is 0 Å². The summed E-state index contributed by atoms with van der Waals surface area (Å²) >= 11 is 1.32. The molecule has 0 bridgehead atoms. The van der Waals surface area contributed by atoms with Crippen molar-refractivity contribution in [3.05, 3.63) is 40.4 Å². The largest absolute Gasteiger partial charge is 0.371 e. The minimum atomic E-state index is -0.0666. The zero-order chi connectivity index (χ0) is 16.2. The van der Waals surface area contributed by atoms with Gasteiger partial charge in [0.15, 0.2) is 0 Å². The normalized spacial score (nSPS) is 18.8. The second kappa shape index (κ2) is 7.16. The van der Waals surface area contributed by atoms with E-state index in [1.54, 1.807) is 5.51 Å². The van der Waals surface area contributed by atoms with E-state index in [0.29, 0.717) is 24.8 Å². The lowest BCUT2D eigenvalue weighted by molar-refractivity contribution is -0.119. The van der Waals surface area contributed by atoms with E-state index >= 15 is 0 Å². The Kier molecular flexibility index (Phi) is 5.00. The molecule has 2 heterocycles. The molecule has 3 rings (SSSR count). The van der Waals surface area contributed by atoms with E-state index < -0.39 is 0 Å². The number of ether oxygens (including phenoxy) is 1. The number of aromatic nitrogens is 2. The van der Waals surface area contributed by atoms with Crippen LogP contribution in [0.5, 0.6) is 0 Å². The van der Waals surface area contributed by atoms with Crippen molar-refractivity contribution in [3.63, 3.8) is 0 Å². The second-order valence-corrected chi connectivity index (χ2v) is 6.58. The van der Waals surface area contributed by atoms with Gasteiger partial charge >= 0.3 is 0 Å². The molecule has 0 radical (unpaired) electrons. The van der Waals surface area contributed by atoms with Gasteiger partial charge in [-0.2, -0.15) is 0 Å². The monoisotopic (exact) mass is 332 g/mol. The maximum Gasteiger partial charge on any atom is 0.240 e. The molecule has 1 aromatic carbocycles. The number of hydrogen-bond acceptors (Lipinski definition) is 6. The first-order valence-electron chi connectivity index (χ1n) is 7.59. The molecular weight excluding hydrogens is 312 g/mol. The molecule has 6 nitrogen and oxygen atoms in total. The first kappa shape index (κ1) is 16.0. The van der Waals surface area contributed by atoms with Gasteiger partial charge in [-0.25, -0.2) is 0 Å². The van der Waals surface area contributed by atoms with Gasteiger partial charge in [-0.05, 0) is 25.0 Å². The molecule has 23 heavy (non-hydrogen) atoms. The van der Waals surface area contributed by atoms with E-state index in [1.807, 2.05) is 0 Å². The molecule has 0 aliphatic carbocycles. The molecule has 2 aromatic rings. The number of carbonyl (C=O) groups is 1. The topological polar surface area (TPSA) is 67.4 Å². The number of hydrogen-bond donors (Lipinski definition) is 1. The van der Waals surface area contributed by atoms with Crippen molar-refractivity contribution in [1.29, 1.82) is 0 Å². The van der Waals surface area contributed by atoms with Gasteiger partial charge in [-0.3, -0.25) is 15.0 Å². The number of benzene rings is 1. The molecule has 1 amide bonds. The number of anilines is 1. The van der Waals surface area contributed by atoms with Crippen molar-refractivity contribution >= 4 is 22.4 Å². The molecule has 1 aliphatic heterocycles. The molecule has 1 saturated heterocycles. The van der Waals surface area contributed by atoms with Crippen molar-refractivity contribution in [2.24, 2.45) is 0 Å².